The summed E-state index contributed by atoms with van der Waals surface area (Å²) in [6, 6.07) is 1.67. The molecule has 0 radical (unpaired) electrons. The Hall–Kier alpha value is -1.89. The van der Waals surface area contributed by atoms with Crippen LogP contribution in [-0.4, -0.2) is 36.4 Å². The van der Waals surface area contributed by atoms with Crippen molar-refractivity contribution in [3.63, 3.8) is 0 Å². The minimum Gasteiger partial charge on any atom is -0.457 e. The molecule has 1 atom stereocenters. The van der Waals surface area contributed by atoms with Crippen LogP contribution in [0.5, 0.6) is 0 Å². The highest BCUT2D eigenvalue weighted by Crippen LogP contribution is 2.38. The van der Waals surface area contributed by atoms with Crippen LogP contribution in [0.2, 0.25) is 0 Å². The Morgan fingerprint density at radius 1 is 1.62 bits per heavy atom. The van der Waals surface area contributed by atoms with Crippen LogP contribution in [0.1, 0.15) is 39.3 Å². The second-order valence-corrected chi connectivity index (χ2v) is 5.98. The lowest BCUT2D eigenvalue weighted by molar-refractivity contribution is -0.159. The fourth-order valence-corrected chi connectivity index (χ4v) is 2.77. The smallest absolute Gasteiger partial charge is 0.303 e. The molecule has 0 bridgehead atoms. The number of anilines is 1. The summed E-state index contributed by atoms with van der Waals surface area (Å²) < 4.78 is 16.0. The number of rotatable bonds is 6. The summed E-state index contributed by atoms with van der Waals surface area (Å²) in [5.74, 6) is -0.0305. The molecule has 1 saturated heterocycles. The van der Waals surface area contributed by atoms with E-state index in [-0.39, 0.29) is 11.9 Å². The molecule has 1 N–H and O–H groups in total. The first-order chi connectivity index (χ1) is 9.87. The number of ether oxygens (including phenoxy) is 2. The maximum Gasteiger partial charge on any atom is 0.303 e. The summed E-state index contributed by atoms with van der Waals surface area (Å²) in [5, 5.41) is 6.40. The Bertz CT molecular complexity index is 517. The maximum absolute atomic E-state index is 11.4. The quantitative estimate of drug-likeness (QED) is 0.634. The molecule has 0 aliphatic carbocycles. The van der Waals surface area contributed by atoms with Gasteiger partial charge in [-0.1, -0.05) is 19.0 Å². The van der Waals surface area contributed by atoms with Gasteiger partial charge < -0.3 is 14.0 Å². The van der Waals surface area contributed by atoms with Crippen molar-refractivity contribution in [3.05, 3.63) is 11.8 Å². The molecule has 1 aliphatic heterocycles. The lowest BCUT2D eigenvalue weighted by Gasteiger charge is -2.34. The van der Waals surface area contributed by atoms with Gasteiger partial charge in [0.05, 0.1) is 18.9 Å². The minimum atomic E-state index is -0.632. The summed E-state index contributed by atoms with van der Waals surface area (Å²) in [4.78, 5) is 21.8. The van der Waals surface area contributed by atoms with E-state index in [2.05, 4.69) is 10.5 Å². The summed E-state index contributed by atoms with van der Waals surface area (Å²) in [6.45, 7) is 6.32. The third-order valence-corrected chi connectivity index (χ3v) is 3.60. The van der Waals surface area contributed by atoms with Crippen molar-refractivity contribution in [3.8, 4) is 0 Å². The molecule has 2 rings (SSSR count). The number of hydrogen-bond donors (Lipinski definition) is 1. The normalized spacial score (nSPS) is 22.0. The van der Waals surface area contributed by atoms with Gasteiger partial charge in [-0.15, -0.1) is 0 Å². The van der Waals surface area contributed by atoms with Crippen LogP contribution in [0.15, 0.2) is 10.6 Å². The standard InChI is InChI=1S/C14H20N2O5/c1-10(18)20-14(4-5-19-8-14)7-13(2,3)11-6-12(15-9-17)21-16-11/h6,9H,4-5,7-8H2,1-3H3,(H,15,17). The van der Waals surface area contributed by atoms with Gasteiger partial charge in [-0.25, -0.2) is 0 Å². The van der Waals surface area contributed by atoms with E-state index in [1.165, 1.54) is 6.92 Å². The number of amides is 1. The van der Waals surface area contributed by atoms with Crippen molar-refractivity contribution in [2.45, 2.75) is 44.6 Å². The molecule has 1 unspecified atom stereocenters. The van der Waals surface area contributed by atoms with E-state index in [0.29, 0.717) is 38.2 Å². The van der Waals surface area contributed by atoms with Crippen LogP contribution in [0.4, 0.5) is 5.88 Å². The van der Waals surface area contributed by atoms with Crippen molar-refractivity contribution in [1.29, 1.82) is 0 Å². The van der Waals surface area contributed by atoms with E-state index in [9.17, 15) is 9.59 Å². The molecule has 1 aliphatic rings. The zero-order valence-electron chi connectivity index (χ0n) is 12.5. The van der Waals surface area contributed by atoms with Crippen molar-refractivity contribution < 1.29 is 23.6 Å². The fourth-order valence-electron chi connectivity index (χ4n) is 2.77. The van der Waals surface area contributed by atoms with Crippen LogP contribution < -0.4 is 5.32 Å². The second kappa shape index (κ2) is 5.85. The van der Waals surface area contributed by atoms with E-state index in [0.717, 1.165) is 0 Å². The van der Waals surface area contributed by atoms with Crippen molar-refractivity contribution in [2.24, 2.45) is 0 Å². The lowest BCUT2D eigenvalue weighted by atomic mass is 9.77. The third-order valence-electron chi connectivity index (χ3n) is 3.60. The average molecular weight is 296 g/mol. The van der Waals surface area contributed by atoms with E-state index in [4.69, 9.17) is 14.0 Å². The van der Waals surface area contributed by atoms with Crippen LogP contribution in [0.3, 0.4) is 0 Å². The molecule has 1 aromatic rings. The third kappa shape index (κ3) is 3.60. The number of hydrogen-bond acceptors (Lipinski definition) is 6. The topological polar surface area (TPSA) is 90.7 Å². The SMILES string of the molecule is CC(=O)OC1(CC(C)(C)c2cc(NC=O)on2)CCOC1. The molecule has 7 heteroatoms. The van der Waals surface area contributed by atoms with Crippen molar-refractivity contribution in [2.75, 3.05) is 18.5 Å². The van der Waals surface area contributed by atoms with Crippen molar-refractivity contribution in [1.82, 2.24) is 5.16 Å². The highest BCUT2D eigenvalue weighted by molar-refractivity contribution is 5.68. The summed E-state index contributed by atoms with van der Waals surface area (Å²) >= 11 is 0. The maximum atomic E-state index is 11.4. The van der Waals surface area contributed by atoms with Gasteiger partial charge in [-0.05, 0) is 0 Å². The Balaban J connectivity index is 2.17. The summed E-state index contributed by atoms with van der Waals surface area (Å²) in [5.41, 5.74) is -0.340. The Kier molecular flexibility index (Phi) is 4.32. The molecule has 0 saturated carbocycles. The van der Waals surface area contributed by atoms with Gasteiger partial charge in [0.1, 0.15) is 5.60 Å². The summed E-state index contributed by atoms with van der Waals surface area (Å²) in [6.07, 6.45) is 1.75. The molecule has 116 valence electrons. The largest absolute Gasteiger partial charge is 0.457 e. The van der Waals surface area contributed by atoms with Crippen molar-refractivity contribution >= 4 is 18.3 Å². The van der Waals surface area contributed by atoms with Gasteiger partial charge in [0.2, 0.25) is 12.3 Å². The van der Waals surface area contributed by atoms with E-state index in [1.807, 2.05) is 13.8 Å². The molecule has 1 aromatic heterocycles. The van der Waals surface area contributed by atoms with Crippen LogP contribution in [-0.2, 0) is 24.5 Å². The minimum absolute atomic E-state index is 0.289. The van der Waals surface area contributed by atoms with Gasteiger partial charge in [-0.3, -0.25) is 14.9 Å². The number of carbonyl (C=O) groups excluding carboxylic acids is 2. The highest BCUT2D eigenvalue weighted by atomic mass is 16.6. The number of aromatic nitrogens is 1. The molecular formula is C14H20N2O5. The molecule has 0 aromatic carbocycles. The molecule has 2 heterocycles. The fraction of sp³-hybridized carbons (Fsp3) is 0.643. The van der Waals surface area contributed by atoms with Crippen LogP contribution in [0, 0.1) is 0 Å². The molecule has 7 nitrogen and oxygen atoms in total. The molecule has 0 spiro atoms. The monoisotopic (exact) mass is 296 g/mol. The lowest BCUT2D eigenvalue weighted by Crippen LogP contribution is -2.41. The van der Waals surface area contributed by atoms with Gasteiger partial charge in [0.15, 0.2) is 0 Å². The zero-order chi connectivity index (χ0) is 15.5. The summed E-state index contributed by atoms with van der Waals surface area (Å²) in [7, 11) is 0. The average Bonchev–Trinajstić information content (AvgIpc) is 2.98. The predicted molar refractivity (Wildman–Crippen MR) is 73.8 cm³/mol. The molecular weight excluding hydrogens is 276 g/mol. The van der Waals surface area contributed by atoms with Gasteiger partial charge in [0, 0.05) is 31.2 Å². The Morgan fingerprint density at radius 2 is 2.38 bits per heavy atom. The van der Waals surface area contributed by atoms with Crippen LogP contribution >= 0.6 is 0 Å². The van der Waals surface area contributed by atoms with Gasteiger partial charge >= 0.3 is 5.97 Å². The molecule has 1 amide bonds. The van der Waals surface area contributed by atoms with Gasteiger partial charge in [0.25, 0.3) is 0 Å². The Labute approximate surface area is 123 Å². The predicted octanol–water partition coefficient (Wildman–Crippen LogP) is 1.63. The first kappa shape index (κ1) is 15.5. The molecule has 1 fully saturated rings. The number of carbonyl (C=O) groups is 2. The van der Waals surface area contributed by atoms with E-state index in [1.54, 1.807) is 6.07 Å². The second-order valence-electron chi connectivity index (χ2n) is 5.98. The van der Waals surface area contributed by atoms with Crippen LogP contribution in [0.25, 0.3) is 0 Å². The Morgan fingerprint density at radius 3 is 2.95 bits per heavy atom. The van der Waals surface area contributed by atoms with E-state index < -0.39 is 11.0 Å². The first-order valence-corrected chi connectivity index (χ1v) is 6.82. The number of nitrogens with one attached hydrogen (secondary N) is 1. The van der Waals surface area contributed by atoms with E-state index >= 15 is 0 Å². The zero-order valence-corrected chi connectivity index (χ0v) is 12.5. The molecule has 21 heavy (non-hydrogen) atoms. The highest BCUT2D eigenvalue weighted by Gasteiger charge is 2.44. The van der Waals surface area contributed by atoms with Gasteiger partial charge in [-0.2, -0.15) is 0 Å². The number of esters is 1. The number of nitrogens with zero attached hydrogens (tertiary/aromatic N) is 1. The first-order valence-electron chi connectivity index (χ1n) is 6.82.